The monoisotopic (exact) mass is 478 g/mol. The van der Waals surface area contributed by atoms with Gasteiger partial charge in [-0.25, -0.2) is 8.42 Å². The highest BCUT2D eigenvalue weighted by Gasteiger charge is 2.32. The lowest BCUT2D eigenvalue weighted by atomic mass is 10.0. The van der Waals surface area contributed by atoms with Gasteiger partial charge in [0.25, 0.3) is 15.9 Å². The number of nitrogens with zero attached hydrogens (tertiary/aromatic N) is 1. The molecule has 0 spiro atoms. The molecular formula is C27H30N2O4S. The number of amides is 1. The summed E-state index contributed by atoms with van der Waals surface area (Å²) in [7, 11) is -2.49. The summed E-state index contributed by atoms with van der Waals surface area (Å²) in [6.45, 7) is 2.34. The third kappa shape index (κ3) is 5.09. The second-order valence-corrected chi connectivity index (χ2v) is 10.4. The number of nitrogens with one attached hydrogen (secondary N) is 1. The Morgan fingerprint density at radius 3 is 2.56 bits per heavy atom. The Labute approximate surface area is 201 Å². The van der Waals surface area contributed by atoms with E-state index in [1.54, 1.807) is 12.1 Å². The number of fused-ring (bicyclic) bond motifs is 1. The number of rotatable bonds is 8. The van der Waals surface area contributed by atoms with Gasteiger partial charge in [0, 0.05) is 18.2 Å². The summed E-state index contributed by atoms with van der Waals surface area (Å²) < 4.78 is 34.2. The highest BCUT2D eigenvalue weighted by Crippen LogP contribution is 2.35. The van der Waals surface area contributed by atoms with Gasteiger partial charge in [0.15, 0.2) is 0 Å². The van der Waals surface area contributed by atoms with Crippen LogP contribution in [0.2, 0.25) is 0 Å². The van der Waals surface area contributed by atoms with Crippen LogP contribution in [0.25, 0.3) is 0 Å². The summed E-state index contributed by atoms with van der Waals surface area (Å²) in [6, 6.07) is 22.1. The van der Waals surface area contributed by atoms with Crippen LogP contribution in [0.3, 0.4) is 0 Å². The van der Waals surface area contributed by atoms with Gasteiger partial charge in [0.2, 0.25) is 0 Å². The highest BCUT2D eigenvalue weighted by molar-refractivity contribution is 7.93. The molecule has 0 saturated carbocycles. The average Bonchev–Trinajstić information content (AvgIpc) is 2.87. The van der Waals surface area contributed by atoms with Crippen LogP contribution in [-0.2, 0) is 22.9 Å². The molecule has 0 aliphatic carbocycles. The van der Waals surface area contributed by atoms with Crippen molar-refractivity contribution in [1.82, 2.24) is 5.32 Å². The molecule has 0 bridgehead atoms. The first-order chi connectivity index (χ1) is 16.4. The van der Waals surface area contributed by atoms with E-state index in [9.17, 15) is 13.2 Å². The predicted octanol–water partition coefficient (Wildman–Crippen LogP) is 4.59. The highest BCUT2D eigenvalue weighted by atomic mass is 32.2. The topological polar surface area (TPSA) is 75.7 Å². The van der Waals surface area contributed by atoms with Crippen molar-refractivity contribution in [2.24, 2.45) is 0 Å². The molecule has 1 atom stereocenters. The van der Waals surface area contributed by atoms with Crippen LogP contribution in [0.1, 0.15) is 41.3 Å². The summed E-state index contributed by atoms with van der Waals surface area (Å²) in [4.78, 5) is 13.0. The van der Waals surface area contributed by atoms with Crippen LogP contribution in [0.5, 0.6) is 5.75 Å². The molecule has 0 fully saturated rings. The van der Waals surface area contributed by atoms with Crippen molar-refractivity contribution >= 4 is 21.6 Å². The molecule has 0 aromatic heterocycles. The first kappa shape index (κ1) is 23.8. The molecule has 1 heterocycles. The van der Waals surface area contributed by atoms with E-state index in [1.165, 1.54) is 23.0 Å². The number of methoxy groups -OCH3 is 1. The molecule has 0 radical (unpaired) electrons. The number of carbonyl (C=O) groups is 1. The maximum Gasteiger partial charge on any atom is 0.268 e. The Bertz CT molecular complexity index is 1260. The number of hydrogen-bond donors (Lipinski definition) is 1. The molecule has 3 aromatic rings. The fourth-order valence-corrected chi connectivity index (χ4v) is 6.02. The van der Waals surface area contributed by atoms with Gasteiger partial charge in [0.05, 0.1) is 12.8 Å². The minimum absolute atomic E-state index is 0.00343. The average molecular weight is 479 g/mol. The third-order valence-electron chi connectivity index (χ3n) is 6.15. The summed E-state index contributed by atoms with van der Waals surface area (Å²) >= 11 is 0. The van der Waals surface area contributed by atoms with E-state index in [0.717, 1.165) is 31.2 Å². The summed E-state index contributed by atoms with van der Waals surface area (Å²) in [5, 5.41) is 2.99. The van der Waals surface area contributed by atoms with Gasteiger partial charge in [-0.15, -0.1) is 0 Å². The number of para-hydroxylation sites is 1. The van der Waals surface area contributed by atoms with E-state index in [4.69, 9.17) is 4.74 Å². The summed E-state index contributed by atoms with van der Waals surface area (Å²) in [5.74, 6) is -0.0876. The lowest BCUT2D eigenvalue weighted by Gasteiger charge is -2.31. The van der Waals surface area contributed by atoms with E-state index < -0.39 is 10.0 Å². The molecule has 1 aliphatic rings. The van der Waals surface area contributed by atoms with E-state index in [0.29, 0.717) is 12.2 Å². The fraction of sp³-hybridized carbons (Fsp3) is 0.296. The zero-order valence-corrected chi connectivity index (χ0v) is 20.3. The molecule has 1 aliphatic heterocycles. The zero-order chi connectivity index (χ0) is 24.1. The number of sulfonamides is 1. The molecule has 34 heavy (non-hydrogen) atoms. The van der Waals surface area contributed by atoms with Gasteiger partial charge in [-0.1, -0.05) is 48.5 Å². The lowest BCUT2D eigenvalue weighted by molar-refractivity contribution is 0.0938. The van der Waals surface area contributed by atoms with Crippen LogP contribution in [0.4, 0.5) is 5.69 Å². The Morgan fingerprint density at radius 2 is 1.79 bits per heavy atom. The van der Waals surface area contributed by atoms with Crippen molar-refractivity contribution in [3.63, 3.8) is 0 Å². The molecule has 3 aromatic carbocycles. The molecule has 1 N–H and O–H groups in total. The second-order valence-electron chi connectivity index (χ2n) is 8.57. The fourth-order valence-electron chi connectivity index (χ4n) is 4.29. The van der Waals surface area contributed by atoms with E-state index in [2.05, 4.69) is 17.4 Å². The maximum absolute atomic E-state index is 13.7. The van der Waals surface area contributed by atoms with Gasteiger partial charge in [-0.05, 0) is 68.0 Å². The third-order valence-corrected chi connectivity index (χ3v) is 7.98. The van der Waals surface area contributed by atoms with Crippen molar-refractivity contribution in [1.29, 1.82) is 0 Å². The maximum atomic E-state index is 13.7. The van der Waals surface area contributed by atoms with Gasteiger partial charge in [-0.3, -0.25) is 9.10 Å². The quantitative estimate of drug-likeness (QED) is 0.514. The molecule has 7 heteroatoms. The molecule has 1 unspecified atom stereocenters. The van der Waals surface area contributed by atoms with Crippen LogP contribution in [-0.4, -0.2) is 34.0 Å². The molecule has 4 rings (SSSR count). The molecule has 0 saturated heterocycles. The van der Waals surface area contributed by atoms with Crippen LogP contribution >= 0.6 is 0 Å². The number of benzene rings is 3. The summed E-state index contributed by atoms with van der Waals surface area (Å²) in [5.41, 5.74) is 3.18. The largest absolute Gasteiger partial charge is 0.495 e. The second kappa shape index (κ2) is 10.3. The number of anilines is 1. The van der Waals surface area contributed by atoms with E-state index in [-0.39, 0.29) is 28.2 Å². The summed E-state index contributed by atoms with van der Waals surface area (Å²) in [6.07, 6.45) is 3.20. The van der Waals surface area contributed by atoms with Gasteiger partial charge < -0.3 is 10.1 Å². The normalized spacial score (nSPS) is 14.2. The standard InChI is InChI=1S/C27H30N2O4S/c1-20(14-15-21-9-4-3-5-10-21)28-27(30)23-16-17-25(33-2)26(19-23)34(31,32)29-18-8-12-22-11-6-7-13-24(22)29/h3-7,9-11,13,16-17,19-20H,8,12,14-15,18H2,1-2H3,(H,28,30). The van der Waals surface area contributed by atoms with Gasteiger partial charge in [-0.2, -0.15) is 0 Å². The first-order valence-electron chi connectivity index (χ1n) is 11.5. The SMILES string of the molecule is COc1ccc(C(=O)NC(C)CCc2ccccc2)cc1S(=O)(=O)N1CCCc2ccccc21. The Morgan fingerprint density at radius 1 is 1.06 bits per heavy atom. The minimum Gasteiger partial charge on any atom is -0.495 e. The number of carbonyl (C=O) groups excluding carboxylic acids is 1. The molecular weight excluding hydrogens is 448 g/mol. The van der Waals surface area contributed by atoms with Crippen LogP contribution in [0, 0.1) is 0 Å². The molecule has 6 nitrogen and oxygen atoms in total. The van der Waals surface area contributed by atoms with Crippen LogP contribution in [0.15, 0.2) is 77.7 Å². The Balaban J connectivity index is 1.55. The number of aryl methyl sites for hydroxylation is 2. The minimum atomic E-state index is -3.92. The first-order valence-corrected chi connectivity index (χ1v) is 13.0. The van der Waals surface area contributed by atoms with Crippen molar-refractivity contribution < 1.29 is 17.9 Å². The lowest BCUT2D eigenvalue weighted by Crippen LogP contribution is -2.36. The van der Waals surface area contributed by atoms with Crippen molar-refractivity contribution in [2.75, 3.05) is 18.0 Å². The van der Waals surface area contributed by atoms with Crippen molar-refractivity contribution in [3.8, 4) is 5.75 Å². The number of hydrogen-bond acceptors (Lipinski definition) is 4. The molecule has 178 valence electrons. The Kier molecular flexibility index (Phi) is 7.22. The van der Waals surface area contributed by atoms with E-state index >= 15 is 0 Å². The van der Waals surface area contributed by atoms with Gasteiger partial charge in [0.1, 0.15) is 10.6 Å². The van der Waals surface area contributed by atoms with Crippen molar-refractivity contribution in [2.45, 2.75) is 43.5 Å². The van der Waals surface area contributed by atoms with Crippen molar-refractivity contribution in [3.05, 3.63) is 89.5 Å². The Hall–Kier alpha value is -3.32. The smallest absolute Gasteiger partial charge is 0.268 e. The predicted molar refractivity (Wildman–Crippen MR) is 134 cm³/mol. The molecule has 1 amide bonds. The van der Waals surface area contributed by atoms with E-state index in [1.807, 2.05) is 49.4 Å². The van der Waals surface area contributed by atoms with Gasteiger partial charge >= 0.3 is 0 Å². The zero-order valence-electron chi connectivity index (χ0n) is 19.5. The number of ether oxygens (including phenoxy) is 1. The van der Waals surface area contributed by atoms with Crippen LogP contribution < -0.4 is 14.4 Å².